The van der Waals surface area contributed by atoms with E-state index in [-0.39, 0.29) is 0 Å². The highest BCUT2D eigenvalue weighted by molar-refractivity contribution is 5.74. The van der Waals surface area contributed by atoms with E-state index in [1.807, 2.05) is 6.07 Å². The van der Waals surface area contributed by atoms with E-state index in [0.29, 0.717) is 11.1 Å². The number of hydrogen-bond donors (Lipinski definition) is 3. The van der Waals surface area contributed by atoms with Crippen molar-refractivity contribution in [3.05, 3.63) is 54.1 Å². The van der Waals surface area contributed by atoms with Crippen LogP contribution in [0.15, 0.2) is 48.6 Å². The van der Waals surface area contributed by atoms with Crippen LogP contribution in [-0.2, 0) is 0 Å². The lowest BCUT2D eigenvalue weighted by molar-refractivity contribution is -0.165. The first-order valence-corrected chi connectivity index (χ1v) is 4.69. The van der Waals surface area contributed by atoms with Gasteiger partial charge in [-0.05, 0) is 5.56 Å². The van der Waals surface area contributed by atoms with Gasteiger partial charge in [-0.2, -0.15) is 0 Å². The molecule has 1 aliphatic rings. The molecule has 2 rings (SSSR count). The SMILES string of the molecule is OC1C=CC=C(c2ccccc2)C1(O)O. The zero-order chi connectivity index (χ0) is 10.9. The lowest BCUT2D eigenvalue weighted by Gasteiger charge is -2.30. The molecule has 0 aliphatic heterocycles. The average Bonchev–Trinajstić information content (AvgIpc) is 2.23. The Bertz CT molecular complexity index is 404. The minimum absolute atomic E-state index is 0.304. The summed E-state index contributed by atoms with van der Waals surface area (Å²) in [6, 6.07) is 8.97. The van der Waals surface area contributed by atoms with Crippen molar-refractivity contribution in [1.29, 1.82) is 0 Å². The minimum atomic E-state index is -2.21. The third-order valence-electron chi connectivity index (χ3n) is 2.45. The Balaban J connectivity index is 2.45. The molecule has 0 fully saturated rings. The van der Waals surface area contributed by atoms with Gasteiger partial charge in [-0.25, -0.2) is 0 Å². The highest BCUT2D eigenvalue weighted by Gasteiger charge is 2.37. The summed E-state index contributed by atoms with van der Waals surface area (Å²) in [5, 5.41) is 28.9. The normalized spacial score (nSPS) is 23.7. The fraction of sp³-hybridized carbons (Fsp3) is 0.167. The van der Waals surface area contributed by atoms with E-state index in [0.717, 1.165) is 0 Å². The number of allylic oxidation sites excluding steroid dienone is 2. The summed E-state index contributed by atoms with van der Waals surface area (Å²) in [5.41, 5.74) is 0.990. The molecule has 0 spiro atoms. The molecule has 0 amide bonds. The summed E-state index contributed by atoms with van der Waals surface area (Å²) in [6.07, 6.45) is 3.24. The molecule has 0 heterocycles. The zero-order valence-electron chi connectivity index (χ0n) is 8.04. The molecule has 0 saturated carbocycles. The number of benzene rings is 1. The van der Waals surface area contributed by atoms with Gasteiger partial charge >= 0.3 is 0 Å². The Kier molecular flexibility index (Phi) is 2.44. The van der Waals surface area contributed by atoms with Gasteiger partial charge in [-0.3, -0.25) is 0 Å². The van der Waals surface area contributed by atoms with Crippen molar-refractivity contribution in [2.24, 2.45) is 0 Å². The van der Waals surface area contributed by atoms with Crippen LogP contribution in [0.3, 0.4) is 0 Å². The second kappa shape index (κ2) is 3.62. The molecule has 0 bridgehead atoms. The Morgan fingerprint density at radius 2 is 1.73 bits per heavy atom. The molecule has 1 aromatic rings. The number of aliphatic hydroxyl groups excluding tert-OH is 1. The minimum Gasteiger partial charge on any atom is -0.383 e. The Labute approximate surface area is 87.6 Å². The van der Waals surface area contributed by atoms with Crippen LogP contribution in [0.1, 0.15) is 5.56 Å². The van der Waals surface area contributed by atoms with Crippen LogP contribution in [0, 0.1) is 0 Å². The summed E-state index contributed by atoms with van der Waals surface area (Å²) in [4.78, 5) is 0. The second-order valence-corrected chi connectivity index (χ2v) is 3.50. The fourth-order valence-corrected chi connectivity index (χ4v) is 1.60. The van der Waals surface area contributed by atoms with E-state index in [1.165, 1.54) is 6.08 Å². The Hall–Kier alpha value is -1.42. The third-order valence-corrected chi connectivity index (χ3v) is 2.45. The van der Waals surface area contributed by atoms with Gasteiger partial charge in [-0.15, -0.1) is 0 Å². The average molecular weight is 204 g/mol. The summed E-state index contributed by atoms with van der Waals surface area (Å²) in [6.45, 7) is 0. The quantitative estimate of drug-likeness (QED) is 0.589. The molecule has 3 nitrogen and oxygen atoms in total. The molecule has 0 saturated heterocycles. The van der Waals surface area contributed by atoms with Gasteiger partial charge in [0.1, 0.15) is 6.10 Å². The standard InChI is InChI=1S/C12H12O3/c13-11-8-4-7-10(12(11,14)15)9-5-2-1-3-6-9/h1-8,11,13-15H. The van der Waals surface area contributed by atoms with Gasteiger partial charge in [0.2, 0.25) is 5.79 Å². The summed E-state index contributed by atoms with van der Waals surface area (Å²) >= 11 is 0. The van der Waals surface area contributed by atoms with Gasteiger partial charge < -0.3 is 15.3 Å². The van der Waals surface area contributed by atoms with E-state index in [4.69, 9.17) is 0 Å². The molecule has 1 atom stereocenters. The van der Waals surface area contributed by atoms with Crippen molar-refractivity contribution < 1.29 is 15.3 Å². The van der Waals surface area contributed by atoms with Crippen LogP contribution < -0.4 is 0 Å². The maximum absolute atomic E-state index is 9.74. The summed E-state index contributed by atoms with van der Waals surface area (Å²) < 4.78 is 0. The molecule has 15 heavy (non-hydrogen) atoms. The Morgan fingerprint density at radius 3 is 2.40 bits per heavy atom. The van der Waals surface area contributed by atoms with Gasteiger partial charge in [0, 0.05) is 5.57 Å². The number of aliphatic hydroxyl groups is 3. The van der Waals surface area contributed by atoms with Gasteiger partial charge in [0.15, 0.2) is 0 Å². The number of rotatable bonds is 1. The van der Waals surface area contributed by atoms with E-state index in [2.05, 4.69) is 0 Å². The van der Waals surface area contributed by atoms with Crippen molar-refractivity contribution in [3.8, 4) is 0 Å². The van der Waals surface area contributed by atoms with Gasteiger partial charge in [0.05, 0.1) is 0 Å². The maximum Gasteiger partial charge on any atom is 0.221 e. The van der Waals surface area contributed by atoms with Crippen LogP contribution in [-0.4, -0.2) is 27.2 Å². The van der Waals surface area contributed by atoms with E-state index in [1.54, 1.807) is 36.4 Å². The largest absolute Gasteiger partial charge is 0.383 e. The van der Waals surface area contributed by atoms with Crippen molar-refractivity contribution in [1.82, 2.24) is 0 Å². The van der Waals surface area contributed by atoms with Crippen LogP contribution in [0.25, 0.3) is 5.57 Å². The smallest absolute Gasteiger partial charge is 0.221 e. The predicted molar refractivity (Wildman–Crippen MR) is 56.7 cm³/mol. The van der Waals surface area contributed by atoms with Crippen LogP contribution in [0.2, 0.25) is 0 Å². The summed E-state index contributed by atoms with van der Waals surface area (Å²) in [7, 11) is 0. The molecule has 3 N–H and O–H groups in total. The van der Waals surface area contributed by atoms with E-state index >= 15 is 0 Å². The topological polar surface area (TPSA) is 60.7 Å². The van der Waals surface area contributed by atoms with Crippen LogP contribution in [0.4, 0.5) is 0 Å². The van der Waals surface area contributed by atoms with Crippen molar-refractivity contribution in [2.75, 3.05) is 0 Å². The first-order chi connectivity index (χ1) is 7.12. The predicted octanol–water partition coefficient (Wildman–Crippen LogP) is 0.682. The van der Waals surface area contributed by atoms with Crippen molar-refractivity contribution in [2.45, 2.75) is 11.9 Å². The lowest BCUT2D eigenvalue weighted by atomic mass is 9.90. The molecule has 1 aliphatic carbocycles. The Morgan fingerprint density at radius 1 is 1.07 bits per heavy atom. The van der Waals surface area contributed by atoms with Crippen LogP contribution in [0.5, 0.6) is 0 Å². The van der Waals surface area contributed by atoms with Gasteiger partial charge in [-0.1, -0.05) is 48.6 Å². The number of hydrogen-bond acceptors (Lipinski definition) is 3. The fourth-order valence-electron chi connectivity index (χ4n) is 1.60. The molecule has 1 unspecified atom stereocenters. The second-order valence-electron chi connectivity index (χ2n) is 3.50. The van der Waals surface area contributed by atoms with Crippen molar-refractivity contribution >= 4 is 5.57 Å². The molecule has 1 aromatic carbocycles. The van der Waals surface area contributed by atoms with Gasteiger partial charge in [0.25, 0.3) is 0 Å². The monoisotopic (exact) mass is 204 g/mol. The maximum atomic E-state index is 9.74. The molecular formula is C12H12O3. The first-order valence-electron chi connectivity index (χ1n) is 4.69. The molecular weight excluding hydrogens is 192 g/mol. The molecule has 78 valence electrons. The third kappa shape index (κ3) is 1.72. The van der Waals surface area contributed by atoms with Crippen LogP contribution >= 0.6 is 0 Å². The highest BCUT2D eigenvalue weighted by Crippen LogP contribution is 2.31. The van der Waals surface area contributed by atoms with Crippen molar-refractivity contribution in [3.63, 3.8) is 0 Å². The summed E-state index contributed by atoms with van der Waals surface area (Å²) in [5.74, 6) is -2.21. The lowest BCUT2D eigenvalue weighted by Crippen LogP contribution is -2.43. The molecule has 0 radical (unpaired) electrons. The molecule has 3 heteroatoms. The first kappa shape index (κ1) is 10.1. The zero-order valence-corrected chi connectivity index (χ0v) is 8.04. The van der Waals surface area contributed by atoms with E-state index in [9.17, 15) is 15.3 Å². The molecule has 0 aromatic heterocycles. The highest BCUT2D eigenvalue weighted by atomic mass is 16.5. The van der Waals surface area contributed by atoms with E-state index < -0.39 is 11.9 Å².